The average molecular weight is 299 g/mol. The highest BCUT2D eigenvalue weighted by Crippen LogP contribution is 2.27. The summed E-state index contributed by atoms with van der Waals surface area (Å²) in [6, 6.07) is 7.96. The van der Waals surface area contributed by atoms with Crippen LogP contribution < -0.4 is 0 Å². The van der Waals surface area contributed by atoms with Crippen LogP contribution in [-0.4, -0.2) is 11.5 Å². The number of hydrogen-bond donors (Lipinski definition) is 0. The minimum Gasteiger partial charge on any atom is -0.299 e. The Kier molecular flexibility index (Phi) is 6.50. The van der Waals surface area contributed by atoms with Crippen molar-refractivity contribution < 1.29 is 4.79 Å². The maximum atomic E-state index is 11.5. The molecule has 0 radical (unpaired) electrons. The molecule has 0 atom stereocenters. The van der Waals surface area contributed by atoms with Gasteiger partial charge in [0.15, 0.2) is 0 Å². The molecule has 0 aliphatic heterocycles. The monoisotopic (exact) mass is 298 g/mol. The van der Waals surface area contributed by atoms with Gasteiger partial charge in [-0.1, -0.05) is 18.2 Å². The molecular weight excluding hydrogens is 284 g/mol. The number of rotatable bonds is 7. The summed E-state index contributed by atoms with van der Waals surface area (Å²) in [5.74, 6) is 0.863. The van der Waals surface area contributed by atoms with Crippen molar-refractivity contribution in [3.63, 3.8) is 0 Å². The van der Waals surface area contributed by atoms with Gasteiger partial charge in [0.1, 0.15) is 5.78 Å². The molecule has 3 heteroatoms. The average Bonchev–Trinajstić information content (AvgIpc) is 2.28. The van der Waals surface area contributed by atoms with Gasteiger partial charge >= 0.3 is 0 Å². The Morgan fingerprint density at radius 1 is 1.44 bits per heavy atom. The lowest BCUT2D eigenvalue weighted by molar-refractivity contribution is -0.116. The van der Waals surface area contributed by atoms with Gasteiger partial charge in [0.2, 0.25) is 0 Å². The number of allylic oxidation sites excluding steroid dienone is 1. The molecule has 1 rings (SSSR count). The summed E-state index contributed by atoms with van der Waals surface area (Å²) in [6.45, 7) is 3.64. The topological polar surface area (TPSA) is 17.1 Å². The van der Waals surface area contributed by atoms with Crippen molar-refractivity contribution in [2.45, 2.75) is 24.2 Å². The highest BCUT2D eigenvalue weighted by Gasteiger charge is 2.04. The van der Waals surface area contributed by atoms with E-state index < -0.39 is 0 Å². The summed E-state index contributed by atoms with van der Waals surface area (Å²) in [5, 5.41) is 0. The third-order valence-corrected chi connectivity index (χ3v) is 4.18. The summed E-state index contributed by atoms with van der Waals surface area (Å²) < 4.78 is 1.05. The van der Waals surface area contributed by atoms with Crippen LogP contribution in [0.5, 0.6) is 0 Å². The van der Waals surface area contributed by atoms with Crippen LogP contribution in [0.1, 0.15) is 19.3 Å². The molecular formula is C13H15BrOS. The van der Waals surface area contributed by atoms with E-state index in [4.69, 9.17) is 0 Å². The molecule has 16 heavy (non-hydrogen) atoms. The molecule has 0 fully saturated rings. The maximum Gasteiger partial charge on any atom is 0.143 e. The van der Waals surface area contributed by atoms with E-state index in [0.29, 0.717) is 18.0 Å². The first-order valence-electron chi connectivity index (χ1n) is 5.24. The molecule has 1 nitrogen and oxygen atoms in total. The summed E-state index contributed by atoms with van der Waals surface area (Å²) in [5.41, 5.74) is 0. The molecule has 0 amide bonds. The van der Waals surface area contributed by atoms with E-state index in [2.05, 4.69) is 22.5 Å². The Labute approximate surface area is 109 Å². The Morgan fingerprint density at radius 2 is 2.19 bits per heavy atom. The zero-order chi connectivity index (χ0) is 11.8. The minimum absolute atomic E-state index is 0.308. The number of halogens is 1. The molecule has 0 unspecified atom stereocenters. The van der Waals surface area contributed by atoms with Crippen molar-refractivity contribution in [1.82, 2.24) is 0 Å². The van der Waals surface area contributed by atoms with E-state index in [0.717, 1.165) is 22.2 Å². The van der Waals surface area contributed by atoms with Gasteiger partial charge < -0.3 is 0 Å². The third-order valence-electron chi connectivity index (χ3n) is 2.09. The first kappa shape index (κ1) is 13.5. The SMILES string of the molecule is C=CCCCC(=O)CSc1ccccc1Br. The molecule has 1 aromatic rings. The van der Waals surface area contributed by atoms with Gasteiger partial charge in [-0.15, -0.1) is 18.3 Å². The van der Waals surface area contributed by atoms with E-state index in [1.165, 1.54) is 0 Å². The number of thioether (sulfide) groups is 1. The minimum atomic E-state index is 0.308. The zero-order valence-corrected chi connectivity index (χ0v) is 11.5. The summed E-state index contributed by atoms with van der Waals surface area (Å²) in [7, 11) is 0. The molecule has 0 aliphatic carbocycles. The van der Waals surface area contributed by atoms with E-state index in [9.17, 15) is 4.79 Å². The Hall–Kier alpha value is -0.540. The summed E-state index contributed by atoms with van der Waals surface area (Å²) >= 11 is 5.06. The normalized spacial score (nSPS) is 10.1. The van der Waals surface area contributed by atoms with Crippen molar-refractivity contribution in [2.24, 2.45) is 0 Å². The standard InChI is InChI=1S/C13H15BrOS/c1-2-3-4-7-11(15)10-16-13-9-6-5-8-12(13)14/h2,5-6,8-9H,1,3-4,7,10H2. The number of carbonyl (C=O) groups is 1. The first-order chi connectivity index (χ1) is 7.74. The Balaban J connectivity index is 2.31. The number of benzene rings is 1. The van der Waals surface area contributed by atoms with Gasteiger partial charge in [-0.05, 0) is 40.9 Å². The van der Waals surface area contributed by atoms with Gasteiger partial charge in [0.25, 0.3) is 0 Å². The molecule has 1 aromatic carbocycles. The zero-order valence-electron chi connectivity index (χ0n) is 9.12. The largest absolute Gasteiger partial charge is 0.299 e. The molecule has 0 heterocycles. The second kappa shape index (κ2) is 7.69. The van der Waals surface area contributed by atoms with Gasteiger partial charge in [0.05, 0.1) is 5.75 Å². The van der Waals surface area contributed by atoms with Crippen molar-refractivity contribution in [2.75, 3.05) is 5.75 Å². The van der Waals surface area contributed by atoms with Crippen LogP contribution in [-0.2, 0) is 4.79 Å². The summed E-state index contributed by atoms with van der Waals surface area (Å²) in [6.07, 6.45) is 4.35. The Morgan fingerprint density at radius 3 is 2.88 bits per heavy atom. The third kappa shape index (κ3) is 4.99. The molecule has 86 valence electrons. The van der Waals surface area contributed by atoms with E-state index in [-0.39, 0.29) is 0 Å². The second-order valence-electron chi connectivity index (χ2n) is 3.44. The molecule has 0 saturated heterocycles. The number of ketones is 1. The second-order valence-corrected chi connectivity index (χ2v) is 5.31. The molecule has 0 aromatic heterocycles. The van der Waals surface area contributed by atoms with E-state index in [1.807, 2.05) is 30.3 Å². The molecule has 0 aliphatic rings. The van der Waals surface area contributed by atoms with Crippen LogP contribution in [0.25, 0.3) is 0 Å². The summed E-state index contributed by atoms with van der Waals surface area (Å²) in [4.78, 5) is 12.7. The fraction of sp³-hybridized carbons (Fsp3) is 0.308. The van der Waals surface area contributed by atoms with Gasteiger partial charge in [-0.3, -0.25) is 4.79 Å². The van der Waals surface area contributed by atoms with Crippen molar-refractivity contribution >= 4 is 33.5 Å². The Bertz CT molecular complexity index is 363. The predicted octanol–water partition coefficient (Wildman–Crippen LogP) is 4.47. The van der Waals surface area contributed by atoms with Crippen molar-refractivity contribution in [1.29, 1.82) is 0 Å². The number of Topliss-reactive ketones (excluding diaryl/α,β-unsaturated/α-hetero) is 1. The first-order valence-corrected chi connectivity index (χ1v) is 7.02. The fourth-order valence-electron chi connectivity index (χ4n) is 1.24. The van der Waals surface area contributed by atoms with Gasteiger partial charge in [-0.2, -0.15) is 0 Å². The van der Waals surface area contributed by atoms with Crippen molar-refractivity contribution in [3.8, 4) is 0 Å². The van der Waals surface area contributed by atoms with Crippen LogP contribution in [0.15, 0.2) is 46.3 Å². The molecule has 0 spiro atoms. The van der Waals surface area contributed by atoms with Crippen LogP contribution in [0, 0.1) is 0 Å². The molecule has 0 saturated carbocycles. The van der Waals surface area contributed by atoms with Crippen LogP contribution in [0.4, 0.5) is 0 Å². The van der Waals surface area contributed by atoms with E-state index in [1.54, 1.807) is 11.8 Å². The van der Waals surface area contributed by atoms with Crippen LogP contribution >= 0.6 is 27.7 Å². The molecule has 0 N–H and O–H groups in total. The van der Waals surface area contributed by atoms with Crippen LogP contribution in [0.3, 0.4) is 0 Å². The fourth-order valence-corrected chi connectivity index (χ4v) is 2.71. The maximum absolute atomic E-state index is 11.5. The number of unbranched alkanes of at least 4 members (excludes halogenated alkanes) is 1. The quantitative estimate of drug-likeness (QED) is 0.420. The highest BCUT2D eigenvalue weighted by atomic mass is 79.9. The lowest BCUT2D eigenvalue weighted by Crippen LogP contribution is -2.00. The van der Waals surface area contributed by atoms with Gasteiger partial charge in [0, 0.05) is 15.8 Å². The van der Waals surface area contributed by atoms with E-state index >= 15 is 0 Å². The smallest absolute Gasteiger partial charge is 0.143 e. The van der Waals surface area contributed by atoms with Crippen molar-refractivity contribution in [3.05, 3.63) is 41.4 Å². The van der Waals surface area contributed by atoms with Gasteiger partial charge in [-0.25, -0.2) is 0 Å². The number of hydrogen-bond acceptors (Lipinski definition) is 2. The number of carbonyl (C=O) groups excluding carboxylic acids is 1. The highest BCUT2D eigenvalue weighted by molar-refractivity contribution is 9.10. The lowest BCUT2D eigenvalue weighted by atomic mass is 10.2. The van der Waals surface area contributed by atoms with Crippen LogP contribution in [0.2, 0.25) is 0 Å². The predicted molar refractivity (Wildman–Crippen MR) is 73.9 cm³/mol. The molecule has 0 bridgehead atoms. The lowest BCUT2D eigenvalue weighted by Gasteiger charge is -2.03.